The number of hydrogen-bond acceptors (Lipinski definition) is 5. The molecule has 0 aliphatic heterocycles. The summed E-state index contributed by atoms with van der Waals surface area (Å²) in [6.07, 6.45) is -0.146. The summed E-state index contributed by atoms with van der Waals surface area (Å²) in [5.41, 5.74) is 2.18. The maximum Gasteiger partial charge on any atom is 0.270 e. The van der Waals surface area contributed by atoms with E-state index in [1.165, 1.54) is 11.3 Å². The summed E-state index contributed by atoms with van der Waals surface area (Å²) < 4.78 is 5.43. The molecule has 27 heavy (non-hydrogen) atoms. The standard InChI is InChI=1S/C21H22N2O3S/c1-2-26-17-10-8-16(9-11-17)21-23-18(14-27-21)20(25)22-13-12-19(24)15-6-4-3-5-7-15/h3-11,14,19,24H,2,12-13H2,1H3,(H,22,25). The Morgan fingerprint density at radius 2 is 1.93 bits per heavy atom. The van der Waals surface area contributed by atoms with Gasteiger partial charge in [-0.1, -0.05) is 30.3 Å². The highest BCUT2D eigenvalue weighted by Crippen LogP contribution is 2.26. The van der Waals surface area contributed by atoms with E-state index >= 15 is 0 Å². The van der Waals surface area contributed by atoms with Crippen molar-refractivity contribution in [1.82, 2.24) is 10.3 Å². The number of ether oxygens (including phenoxy) is 1. The highest BCUT2D eigenvalue weighted by Gasteiger charge is 2.13. The molecule has 6 heteroatoms. The van der Waals surface area contributed by atoms with Crippen molar-refractivity contribution in [2.45, 2.75) is 19.4 Å². The van der Waals surface area contributed by atoms with Crippen LogP contribution in [0.2, 0.25) is 0 Å². The lowest BCUT2D eigenvalue weighted by Crippen LogP contribution is -2.25. The van der Waals surface area contributed by atoms with Gasteiger partial charge in [-0.25, -0.2) is 4.98 Å². The van der Waals surface area contributed by atoms with Gasteiger partial charge in [0.1, 0.15) is 16.5 Å². The van der Waals surface area contributed by atoms with Crippen LogP contribution in [-0.4, -0.2) is 29.1 Å². The Morgan fingerprint density at radius 3 is 2.63 bits per heavy atom. The summed E-state index contributed by atoms with van der Waals surface area (Å²) in [4.78, 5) is 16.7. The maximum absolute atomic E-state index is 12.3. The van der Waals surface area contributed by atoms with E-state index in [0.717, 1.165) is 21.9 Å². The normalized spacial score (nSPS) is 11.8. The van der Waals surface area contributed by atoms with Crippen molar-refractivity contribution in [3.05, 3.63) is 71.2 Å². The highest BCUT2D eigenvalue weighted by atomic mass is 32.1. The van der Waals surface area contributed by atoms with Crippen molar-refractivity contribution in [2.75, 3.05) is 13.2 Å². The monoisotopic (exact) mass is 382 g/mol. The predicted octanol–water partition coefficient (Wildman–Crippen LogP) is 4.06. The minimum Gasteiger partial charge on any atom is -0.494 e. The number of rotatable bonds is 8. The van der Waals surface area contributed by atoms with Gasteiger partial charge in [0.25, 0.3) is 5.91 Å². The van der Waals surface area contributed by atoms with Crippen LogP contribution < -0.4 is 10.1 Å². The van der Waals surface area contributed by atoms with Gasteiger partial charge in [0.2, 0.25) is 0 Å². The predicted molar refractivity (Wildman–Crippen MR) is 107 cm³/mol. The van der Waals surface area contributed by atoms with Crippen LogP contribution in [0.25, 0.3) is 10.6 Å². The Kier molecular flexibility index (Phi) is 6.57. The fourth-order valence-corrected chi connectivity index (χ4v) is 3.43. The van der Waals surface area contributed by atoms with Gasteiger partial charge >= 0.3 is 0 Å². The van der Waals surface area contributed by atoms with Gasteiger partial charge in [0, 0.05) is 17.5 Å². The summed E-state index contributed by atoms with van der Waals surface area (Å²) in [5, 5.41) is 15.5. The smallest absolute Gasteiger partial charge is 0.270 e. The van der Waals surface area contributed by atoms with E-state index in [1.54, 1.807) is 5.38 Å². The van der Waals surface area contributed by atoms with E-state index in [4.69, 9.17) is 4.74 Å². The molecule has 2 N–H and O–H groups in total. The molecular weight excluding hydrogens is 360 g/mol. The van der Waals surface area contributed by atoms with Crippen molar-refractivity contribution in [2.24, 2.45) is 0 Å². The molecule has 0 spiro atoms. The fraction of sp³-hybridized carbons (Fsp3) is 0.238. The second-order valence-electron chi connectivity index (χ2n) is 5.97. The van der Waals surface area contributed by atoms with E-state index in [-0.39, 0.29) is 5.91 Å². The third kappa shape index (κ3) is 5.15. The summed E-state index contributed by atoms with van der Waals surface area (Å²) >= 11 is 1.42. The Bertz CT molecular complexity index is 863. The molecule has 0 aliphatic rings. The summed E-state index contributed by atoms with van der Waals surface area (Å²) in [7, 11) is 0. The molecule has 1 unspecified atom stereocenters. The molecule has 5 nitrogen and oxygen atoms in total. The third-order valence-electron chi connectivity index (χ3n) is 4.04. The first-order valence-corrected chi connectivity index (χ1v) is 9.75. The average molecular weight is 382 g/mol. The number of nitrogens with zero attached hydrogens (tertiary/aromatic N) is 1. The lowest BCUT2D eigenvalue weighted by atomic mass is 10.1. The Morgan fingerprint density at radius 1 is 1.19 bits per heavy atom. The molecule has 1 amide bonds. The Hall–Kier alpha value is -2.70. The topological polar surface area (TPSA) is 71.5 Å². The maximum atomic E-state index is 12.3. The molecule has 1 aromatic heterocycles. The number of aromatic nitrogens is 1. The molecule has 3 rings (SSSR count). The molecule has 2 aromatic carbocycles. The third-order valence-corrected chi connectivity index (χ3v) is 4.93. The van der Waals surface area contributed by atoms with Gasteiger partial charge in [0.15, 0.2) is 0 Å². The average Bonchev–Trinajstić information content (AvgIpc) is 3.20. The summed E-state index contributed by atoms with van der Waals surface area (Å²) in [5.74, 6) is 0.580. The lowest BCUT2D eigenvalue weighted by Gasteiger charge is -2.11. The van der Waals surface area contributed by atoms with Gasteiger partial charge in [-0.3, -0.25) is 4.79 Å². The molecule has 0 aliphatic carbocycles. The number of thiazole rings is 1. The van der Waals surface area contributed by atoms with E-state index in [1.807, 2.05) is 61.5 Å². The fourth-order valence-electron chi connectivity index (χ4n) is 2.63. The van der Waals surface area contributed by atoms with Crippen LogP contribution in [0.1, 0.15) is 35.5 Å². The van der Waals surface area contributed by atoms with Crippen molar-refractivity contribution >= 4 is 17.2 Å². The van der Waals surface area contributed by atoms with Crippen LogP contribution in [0.3, 0.4) is 0 Å². The highest BCUT2D eigenvalue weighted by molar-refractivity contribution is 7.13. The van der Waals surface area contributed by atoms with Crippen molar-refractivity contribution in [3.63, 3.8) is 0 Å². The molecular formula is C21H22N2O3S. The number of nitrogens with one attached hydrogen (secondary N) is 1. The second kappa shape index (κ2) is 9.30. The second-order valence-corrected chi connectivity index (χ2v) is 6.82. The number of carbonyl (C=O) groups is 1. The number of benzene rings is 2. The molecule has 0 fully saturated rings. The molecule has 1 atom stereocenters. The van der Waals surface area contributed by atoms with Crippen molar-refractivity contribution in [3.8, 4) is 16.3 Å². The molecule has 1 heterocycles. The minimum absolute atomic E-state index is 0.233. The van der Waals surface area contributed by atoms with Crippen LogP contribution in [-0.2, 0) is 0 Å². The first-order valence-electron chi connectivity index (χ1n) is 8.87. The van der Waals surface area contributed by atoms with Crippen LogP contribution in [0.4, 0.5) is 0 Å². The van der Waals surface area contributed by atoms with E-state index < -0.39 is 6.10 Å². The first-order chi connectivity index (χ1) is 13.2. The number of aliphatic hydroxyl groups excluding tert-OH is 1. The van der Waals surface area contributed by atoms with Crippen LogP contribution in [0.5, 0.6) is 5.75 Å². The number of aliphatic hydroxyl groups is 1. The van der Waals surface area contributed by atoms with Crippen molar-refractivity contribution in [1.29, 1.82) is 0 Å². The number of hydrogen-bond donors (Lipinski definition) is 2. The molecule has 0 bridgehead atoms. The van der Waals surface area contributed by atoms with Gasteiger partial charge < -0.3 is 15.2 Å². The van der Waals surface area contributed by atoms with Crippen LogP contribution >= 0.6 is 11.3 Å². The van der Waals surface area contributed by atoms with Crippen molar-refractivity contribution < 1.29 is 14.6 Å². The Labute approximate surface area is 162 Å². The SMILES string of the molecule is CCOc1ccc(-c2nc(C(=O)NCCC(O)c3ccccc3)cs2)cc1. The zero-order valence-corrected chi connectivity index (χ0v) is 15.9. The van der Waals surface area contributed by atoms with Crippen LogP contribution in [0.15, 0.2) is 60.0 Å². The van der Waals surface area contributed by atoms with Gasteiger partial charge in [-0.05, 0) is 43.2 Å². The summed E-state index contributed by atoms with van der Waals surface area (Å²) in [6.45, 7) is 2.95. The van der Waals surface area contributed by atoms with Gasteiger partial charge in [0.05, 0.1) is 12.7 Å². The largest absolute Gasteiger partial charge is 0.494 e. The quantitative estimate of drug-likeness (QED) is 0.616. The van der Waals surface area contributed by atoms with Gasteiger partial charge in [-0.15, -0.1) is 11.3 Å². The van der Waals surface area contributed by atoms with Crippen LogP contribution in [0, 0.1) is 0 Å². The lowest BCUT2D eigenvalue weighted by molar-refractivity contribution is 0.0938. The molecule has 140 valence electrons. The van der Waals surface area contributed by atoms with E-state index in [9.17, 15) is 9.90 Å². The molecule has 0 radical (unpaired) electrons. The minimum atomic E-state index is -0.596. The molecule has 3 aromatic rings. The molecule has 0 saturated carbocycles. The summed E-state index contributed by atoms with van der Waals surface area (Å²) in [6, 6.07) is 17.1. The number of amides is 1. The molecule has 0 saturated heterocycles. The first kappa shape index (κ1) is 19.1. The zero-order valence-electron chi connectivity index (χ0n) is 15.1. The van der Waals surface area contributed by atoms with E-state index in [2.05, 4.69) is 10.3 Å². The zero-order chi connectivity index (χ0) is 19.1. The van der Waals surface area contributed by atoms with E-state index in [0.29, 0.717) is 25.3 Å². The van der Waals surface area contributed by atoms with Gasteiger partial charge in [-0.2, -0.15) is 0 Å². The number of carbonyl (C=O) groups excluding carboxylic acids is 1. The Balaban J connectivity index is 1.53.